The molecule has 1 amide bonds. The molecule has 0 saturated heterocycles. The van der Waals surface area contributed by atoms with Crippen LogP contribution in [-0.4, -0.2) is 29.1 Å². The lowest BCUT2D eigenvalue weighted by Crippen LogP contribution is -2.12. The lowest BCUT2D eigenvalue weighted by Gasteiger charge is -2.06. The molecule has 0 aliphatic carbocycles. The van der Waals surface area contributed by atoms with Crippen LogP contribution in [0.5, 0.6) is 5.75 Å². The zero-order chi connectivity index (χ0) is 14.5. The van der Waals surface area contributed by atoms with Gasteiger partial charge in [-0.15, -0.1) is 0 Å². The number of anilines is 1. The number of carbonyl (C=O) groups is 2. The number of nitrogens with zero attached hydrogens (tertiary/aromatic N) is 1. The van der Waals surface area contributed by atoms with Crippen molar-refractivity contribution in [3.05, 3.63) is 53.9 Å². The average molecular weight is 272 g/mol. The highest BCUT2D eigenvalue weighted by Gasteiger charge is 2.08. The fourth-order valence-corrected chi connectivity index (χ4v) is 1.56. The Bertz CT molecular complexity index is 638. The second kappa shape index (κ2) is 5.83. The number of ether oxygens (including phenoxy) is 1. The number of rotatable bonds is 4. The van der Waals surface area contributed by atoms with Crippen molar-refractivity contribution in [2.45, 2.75) is 0 Å². The number of aromatic nitrogens is 1. The minimum absolute atomic E-state index is 0.0793. The van der Waals surface area contributed by atoms with E-state index < -0.39 is 5.97 Å². The number of hydrogen-bond acceptors (Lipinski definition) is 4. The van der Waals surface area contributed by atoms with Gasteiger partial charge in [0.05, 0.1) is 19.0 Å². The van der Waals surface area contributed by atoms with Crippen LogP contribution >= 0.6 is 0 Å². The molecule has 0 unspecified atom stereocenters. The van der Waals surface area contributed by atoms with Crippen molar-refractivity contribution in [1.82, 2.24) is 4.98 Å². The SMILES string of the molecule is COc1cccc(C(=O)Nc2ccc(C(=O)O)nc2)c1. The summed E-state index contributed by atoms with van der Waals surface area (Å²) in [7, 11) is 1.52. The Hall–Kier alpha value is -2.89. The van der Waals surface area contributed by atoms with E-state index in [0.29, 0.717) is 17.0 Å². The molecule has 0 saturated carbocycles. The maximum Gasteiger partial charge on any atom is 0.354 e. The van der Waals surface area contributed by atoms with Crippen molar-refractivity contribution in [3.63, 3.8) is 0 Å². The van der Waals surface area contributed by atoms with Crippen molar-refractivity contribution < 1.29 is 19.4 Å². The lowest BCUT2D eigenvalue weighted by molar-refractivity contribution is 0.0690. The van der Waals surface area contributed by atoms with E-state index in [0.717, 1.165) is 0 Å². The lowest BCUT2D eigenvalue weighted by atomic mass is 10.2. The van der Waals surface area contributed by atoms with Crippen LogP contribution in [0.2, 0.25) is 0 Å². The van der Waals surface area contributed by atoms with Crippen LogP contribution in [0.15, 0.2) is 42.6 Å². The van der Waals surface area contributed by atoms with Gasteiger partial charge in [-0.25, -0.2) is 9.78 Å². The van der Waals surface area contributed by atoms with E-state index in [9.17, 15) is 9.59 Å². The summed E-state index contributed by atoms with van der Waals surface area (Å²) in [6.45, 7) is 0. The molecule has 2 aromatic rings. The van der Waals surface area contributed by atoms with Crippen LogP contribution in [0, 0.1) is 0 Å². The number of amides is 1. The Morgan fingerprint density at radius 3 is 2.65 bits per heavy atom. The molecule has 1 heterocycles. The van der Waals surface area contributed by atoms with E-state index in [1.54, 1.807) is 24.3 Å². The van der Waals surface area contributed by atoms with Gasteiger partial charge in [0.25, 0.3) is 5.91 Å². The first-order valence-corrected chi connectivity index (χ1v) is 5.75. The fraction of sp³-hybridized carbons (Fsp3) is 0.0714. The van der Waals surface area contributed by atoms with Gasteiger partial charge in [0.15, 0.2) is 0 Å². The largest absolute Gasteiger partial charge is 0.497 e. The van der Waals surface area contributed by atoms with E-state index in [1.807, 2.05) is 0 Å². The molecular weight excluding hydrogens is 260 g/mol. The third-order valence-corrected chi connectivity index (χ3v) is 2.57. The number of benzene rings is 1. The smallest absolute Gasteiger partial charge is 0.354 e. The molecule has 0 spiro atoms. The first-order valence-electron chi connectivity index (χ1n) is 5.75. The first kappa shape index (κ1) is 13.5. The first-order chi connectivity index (χ1) is 9.60. The highest BCUT2D eigenvalue weighted by Crippen LogP contribution is 2.14. The summed E-state index contributed by atoms with van der Waals surface area (Å²) in [5, 5.41) is 11.4. The molecule has 2 N–H and O–H groups in total. The summed E-state index contributed by atoms with van der Waals surface area (Å²) in [6, 6.07) is 9.50. The van der Waals surface area contributed by atoms with E-state index in [1.165, 1.54) is 25.4 Å². The Balaban J connectivity index is 2.12. The van der Waals surface area contributed by atoms with Crippen LogP contribution in [0.25, 0.3) is 0 Å². The van der Waals surface area contributed by atoms with Crippen molar-refractivity contribution in [3.8, 4) is 5.75 Å². The van der Waals surface area contributed by atoms with Crippen LogP contribution in [0.3, 0.4) is 0 Å². The molecule has 102 valence electrons. The molecule has 0 bridgehead atoms. The van der Waals surface area contributed by atoms with Crippen molar-refractivity contribution in [2.75, 3.05) is 12.4 Å². The molecule has 20 heavy (non-hydrogen) atoms. The van der Waals surface area contributed by atoms with E-state index in [-0.39, 0.29) is 11.6 Å². The van der Waals surface area contributed by atoms with Gasteiger partial charge < -0.3 is 15.2 Å². The van der Waals surface area contributed by atoms with Gasteiger partial charge >= 0.3 is 5.97 Å². The monoisotopic (exact) mass is 272 g/mol. The molecule has 6 heteroatoms. The summed E-state index contributed by atoms with van der Waals surface area (Å²) in [6.07, 6.45) is 1.29. The minimum atomic E-state index is -1.12. The molecule has 1 aromatic carbocycles. The van der Waals surface area contributed by atoms with Crippen molar-refractivity contribution in [1.29, 1.82) is 0 Å². The topological polar surface area (TPSA) is 88.5 Å². The molecular formula is C14H12N2O4. The minimum Gasteiger partial charge on any atom is -0.497 e. The van der Waals surface area contributed by atoms with Gasteiger partial charge in [-0.1, -0.05) is 6.07 Å². The van der Waals surface area contributed by atoms with E-state index in [2.05, 4.69) is 10.3 Å². The zero-order valence-corrected chi connectivity index (χ0v) is 10.7. The second-order valence-electron chi connectivity index (χ2n) is 3.92. The van der Waals surface area contributed by atoms with Crippen molar-refractivity contribution >= 4 is 17.6 Å². The molecule has 0 aliphatic rings. The number of methoxy groups -OCH3 is 1. The summed E-state index contributed by atoms with van der Waals surface area (Å²) >= 11 is 0. The van der Waals surface area contributed by atoms with Crippen LogP contribution in [-0.2, 0) is 0 Å². The standard InChI is InChI=1S/C14H12N2O4/c1-20-11-4-2-3-9(7-11)13(17)16-10-5-6-12(14(18)19)15-8-10/h2-8H,1H3,(H,16,17)(H,18,19). The maximum atomic E-state index is 12.0. The summed E-state index contributed by atoms with van der Waals surface area (Å²) in [4.78, 5) is 26.4. The number of nitrogens with one attached hydrogen (secondary N) is 1. The molecule has 2 rings (SSSR count). The number of hydrogen-bond donors (Lipinski definition) is 2. The summed E-state index contributed by atoms with van der Waals surface area (Å²) in [5.74, 6) is -0.860. The van der Waals surface area contributed by atoms with Crippen LogP contribution < -0.4 is 10.1 Å². The molecule has 0 fully saturated rings. The van der Waals surface area contributed by atoms with Crippen LogP contribution in [0.1, 0.15) is 20.8 Å². The molecule has 0 radical (unpaired) electrons. The third-order valence-electron chi connectivity index (χ3n) is 2.57. The highest BCUT2D eigenvalue weighted by atomic mass is 16.5. The number of carboxylic acid groups (broad SMARTS) is 1. The Morgan fingerprint density at radius 2 is 2.05 bits per heavy atom. The Labute approximate surface area is 115 Å². The normalized spacial score (nSPS) is 9.85. The molecule has 1 aromatic heterocycles. The highest BCUT2D eigenvalue weighted by molar-refractivity contribution is 6.04. The van der Waals surface area contributed by atoms with Crippen LogP contribution in [0.4, 0.5) is 5.69 Å². The summed E-state index contributed by atoms with van der Waals surface area (Å²) in [5.41, 5.74) is 0.777. The van der Waals surface area contributed by atoms with Gasteiger partial charge in [-0.2, -0.15) is 0 Å². The maximum absolute atomic E-state index is 12.0. The average Bonchev–Trinajstić information content (AvgIpc) is 2.47. The van der Waals surface area contributed by atoms with Gasteiger partial charge in [-0.3, -0.25) is 4.79 Å². The van der Waals surface area contributed by atoms with Gasteiger partial charge in [0.2, 0.25) is 0 Å². The predicted molar refractivity (Wildman–Crippen MR) is 72.1 cm³/mol. The van der Waals surface area contributed by atoms with Gasteiger partial charge in [0.1, 0.15) is 11.4 Å². The van der Waals surface area contributed by atoms with Gasteiger partial charge in [0, 0.05) is 5.56 Å². The second-order valence-corrected chi connectivity index (χ2v) is 3.92. The number of aromatic carboxylic acids is 1. The number of carbonyl (C=O) groups excluding carboxylic acids is 1. The third kappa shape index (κ3) is 3.11. The predicted octanol–water partition coefficient (Wildman–Crippen LogP) is 2.04. The molecule has 0 aliphatic heterocycles. The number of pyridine rings is 1. The molecule has 6 nitrogen and oxygen atoms in total. The van der Waals surface area contributed by atoms with Crippen molar-refractivity contribution in [2.24, 2.45) is 0 Å². The number of carboxylic acids is 1. The quantitative estimate of drug-likeness (QED) is 0.889. The Kier molecular flexibility index (Phi) is 3.95. The Morgan fingerprint density at radius 1 is 1.25 bits per heavy atom. The molecule has 0 atom stereocenters. The van der Waals surface area contributed by atoms with E-state index in [4.69, 9.17) is 9.84 Å². The van der Waals surface area contributed by atoms with E-state index >= 15 is 0 Å². The fourth-order valence-electron chi connectivity index (χ4n) is 1.56. The summed E-state index contributed by atoms with van der Waals surface area (Å²) < 4.78 is 5.04. The zero-order valence-electron chi connectivity index (χ0n) is 10.7. The van der Waals surface area contributed by atoms with Gasteiger partial charge in [-0.05, 0) is 30.3 Å².